The fraction of sp³-hybridized carbons (Fsp3) is 0. The number of hydrogen-bond donors (Lipinski definition) is 2. The van der Waals surface area contributed by atoms with Crippen molar-refractivity contribution in [3.05, 3.63) is 23.6 Å². The van der Waals surface area contributed by atoms with E-state index < -0.39 is 0 Å². The Morgan fingerprint density at radius 2 is 2.23 bits per heavy atom. The normalized spacial score (nSPS) is 10.2. The van der Waals surface area contributed by atoms with E-state index in [1.54, 1.807) is 18.2 Å². The number of phenols is 1. The van der Waals surface area contributed by atoms with Gasteiger partial charge in [-0.2, -0.15) is 0 Å². The molecule has 0 atom stereocenters. The lowest BCUT2D eigenvalue weighted by molar-refractivity contribution is 0.478. The first kappa shape index (κ1) is 8.00. The third kappa shape index (κ3) is 1.46. The van der Waals surface area contributed by atoms with Crippen LogP contribution in [0.15, 0.2) is 23.6 Å². The number of aromatic hydroxyl groups is 1. The Kier molecular flexibility index (Phi) is 1.86. The summed E-state index contributed by atoms with van der Waals surface area (Å²) in [4.78, 5) is 0. The molecule has 0 saturated heterocycles. The van der Waals surface area contributed by atoms with Gasteiger partial charge >= 0.3 is 0 Å². The van der Waals surface area contributed by atoms with Crippen molar-refractivity contribution < 1.29 is 5.11 Å². The van der Waals surface area contributed by atoms with Gasteiger partial charge in [0.2, 0.25) is 0 Å². The minimum atomic E-state index is 0.0898. The fourth-order valence-electron chi connectivity index (χ4n) is 1.00. The number of anilines is 1. The second kappa shape index (κ2) is 3.02. The summed E-state index contributed by atoms with van der Waals surface area (Å²) in [7, 11) is 0. The third-order valence-electron chi connectivity index (χ3n) is 1.68. The maximum Gasteiger partial charge on any atom is 0.138 e. The van der Waals surface area contributed by atoms with E-state index in [0.717, 1.165) is 11.3 Å². The van der Waals surface area contributed by atoms with Gasteiger partial charge in [-0.25, -0.2) is 0 Å². The number of aromatic nitrogens is 2. The van der Waals surface area contributed by atoms with Crippen molar-refractivity contribution in [2.75, 3.05) is 5.73 Å². The topological polar surface area (TPSA) is 72.0 Å². The average Bonchev–Trinajstić information content (AvgIpc) is 2.62. The van der Waals surface area contributed by atoms with E-state index in [2.05, 4.69) is 9.59 Å². The van der Waals surface area contributed by atoms with Crippen LogP contribution >= 0.6 is 11.5 Å². The Labute approximate surface area is 78.8 Å². The second-order valence-corrected chi connectivity index (χ2v) is 3.17. The van der Waals surface area contributed by atoms with E-state index in [-0.39, 0.29) is 5.75 Å². The zero-order chi connectivity index (χ0) is 9.26. The van der Waals surface area contributed by atoms with Crippen molar-refractivity contribution in [3.63, 3.8) is 0 Å². The number of nitrogens with two attached hydrogens (primary N) is 1. The molecule has 0 aliphatic heterocycles. The summed E-state index contributed by atoms with van der Waals surface area (Å²) in [6.07, 6.45) is 0. The van der Waals surface area contributed by atoms with Gasteiger partial charge in [0, 0.05) is 10.9 Å². The molecule has 0 aliphatic carbocycles. The van der Waals surface area contributed by atoms with Gasteiger partial charge in [-0.05, 0) is 29.7 Å². The predicted molar refractivity (Wildman–Crippen MR) is 51.4 cm³/mol. The lowest BCUT2D eigenvalue weighted by atomic mass is 10.1. The molecule has 66 valence electrons. The molecular formula is C8H7N3OS. The van der Waals surface area contributed by atoms with Crippen LogP contribution in [0, 0.1) is 0 Å². The second-order valence-electron chi connectivity index (χ2n) is 2.56. The molecule has 0 radical (unpaired) electrons. The van der Waals surface area contributed by atoms with Gasteiger partial charge in [-0.1, -0.05) is 4.49 Å². The predicted octanol–water partition coefficient (Wildman–Crippen LogP) is 1.49. The van der Waals surface area contributed by atoms with Gasteiger partial charge < -0.3 is 10.8 Å². The van der Waals surface area contributed by atoms with Gasteiger partial charge in [-0.3, -0.25) is 0 Å². The summed E-state index contributed by atoms with van der Waals surface area (Å²) >= 11 is 1.28. The average molecular weight is 193 g/mol. The van der Waals surface area contributed by atoms with Crippen LogP contribution < -0.4 is 5.73 Å². The van der Waals surface area contributed by atoms with E-state index in [9.17, 15) is 5.11 Å². The van der Waals surface area contributed by atoms with E-state index >= 15 is 0 Å². The molecule has 0 saturated carbocycles. The summed E-state index contributed by atoms with van der Waals surface area (Å²) in [5.41, 5.74) is 7.52. The maximum absolute atomic E-state index is 9.18. The first-order valence-electron chi connectivity index (χ1n) is 3.63. The summed E-state index contributed by atoms with van der Waals surface area (Å²) in [6.45, 7) is 0. The Morgan fingerprint density at radius 3 is 2.85 bits per heavy atom. The Morgan fingerprint density at radius 1 is 1.38 bits per heavy atom. The highest BCUT2D eigenvalue weighted by Gasteiger charge is 2.03. The van der Waals surface area contributed by atoms with Gasteiger partial charge in [0.25, 0.3) is 0 Å². The van der Waals surface area contributed by atoms with Crippen LogP contribution in [0.5, 0.6) is 5.75 Å². The SMILES string of the molecule is Nc1cc(-c2csnn2)ccc1O. The molecule has 0 bridgehead atoms. The largest absolute Gasteiger partial charge is 0.506 e. The molecule has 0 spiro atoms. The van der Waals surface area contributed by atoms with Crippen LogP contribution in [-0.2, 0) is 0 Å². The zero-order valence-electron chi connectivity index (χ0n) is 6.64. The van der Waals surface area contributed by atoms with Gasteiger partial charge in [0.1, 0.15) is 11.4 Å². The lowest BCUT2D eigenvalue weighted by Crippen LogP contribution is -1.86. The summed E-state index contributed by atoms with van der Waals surface area (Å²) < 4.78 is 3.74. The molecule has 2 rings (SSSR count). The van der Waals surface area contributed by atoms with Crippen LogP contribution in [0.4, 0.5) is 5.69 Å². The molecule has 4 nitrogen and oxygen atoms in total. The monoisotopic (exact) mass is 193 g/mol. The number of nitrogen functional groups attached to an aromatic ring is 1. The van der Waals surface area contributed by atoms with Crippen LogP contribution in [0.2, 0.25) is 0 Å². The smallest absolute Gasteiger partial charge is 0.138 e. The van der Waals surface area contributed by atoms with E-state index in [4.69, 9.17) is 5.73 Å². The minimum Gasteiger partial charge on any atom is -0.506 e. The molecule has 5 heteroatoms. The zero-order valence-corrected chi connectivity index (χ0v) is 7.45. The number of rotatable bonds is 1. The van der Waals surface area contributed by atoms with E-state index in [0.29, 0.717) is 5.69 Å². The standard InChI is InChI=1S/C8H7N3OS/c9-6-3-5(1-2-8(6)12)7-4-13-11-10-7/h1-4,12H,9H2. The molecule has 1 aromatic heterocycles. The number of phenolic OH excluding ortho intramolecular Hbond substituents is 1. The molecule has 1 heterocycles. The van der Waals surface area contributed by atoms with Crippen LogP contribution in [-0.4, -0.2) is 14.7 Å². The highest BCUT2D eigenvalue weighted by atomic mass is 32.1. The van der Waals surface area contributed by atoms with Crippen LogP contribution in [0.1, 0.15) is 0 Å². The number of benzene rings is 1. The van der Waals surface area contributed by atoms with E-state index in [1.165, 1.54) is 11.5 Å². The quantitative estimate of drug-likeness (QED) is 0.531. The molecule has 0 aliphatic rings. The summed E-state index contributed by atoms with van der Waals surface area (Å²) in [5, 5.41) is 14.9. The minimum absolute atomic E-state index is 0.0898. The lowest BCUT2D eigenvalue weighted by Gasteiger charge is -2.00. The van der Waals surface area contributed by atoms with Crippen molar-refractivity contribution in [3.8, 4) is 17.0 Å². The van der Waals surface area contributed by atoms with Crippen LogP contribution in [0.25, 0.3) is 11.3 Å². The Hall–Kier alpha value is -1.62. The molecule has 0 amide bonds. The first-order valence-corrected chi connectivity index (χ1v) is 4.47. The highest BCUT2D eigenvalue weighted by molar-refractivity contribution is 7.03. The Balaban J connectivity index is 2.49. The first-order chi connectivity index (χ1) is 6.27. The van der Waals surface area contributed by atoms with E-state index in [1.807, 2.05) is 5.38 Å². The van der Waals surface area contributed by atoms with Crippen molar-refractivity contribution >= 4 is 17.2 Å². The molecule has 2 aromatic rings. The summed E-state index contributed by atoms with van der Waals surface area (Å²) in [5.74, 6) is 0.0898. The molecule has 0 unspecified atom stereocenters. The van der Waals surface area contributed by atoms with Crippen molar-refractivity contribution in [2.24, 2.45) is 0 Å². The molecule has 0 fully saturated rings. The number of nitrogens with zero attached hydrogens (tertiary/aromatic N) is 2. The van der Waals surface area contributed by atoms with Gasteiger partial charge in [0.05, 0.1) is 5.69 Å². The number of hydrogen-bond acceptors (Lipinski definition) is 5. The molecule has 1 aromatic carbocycles. The van der Waals surface area contributed by atoms with Crippen molar-refractivity contribution in [1.82, 2.24) is 9.59 Å². The molecule has 13 heavy (non-hydrogen) atoms. The Bertz CT molecular complexity index is 413. The fourth-order valence-corrected chi connectivity index (χ4v) is 1.47. The van der Waals surface area contributed by atoms with Crippen molar-refractivity contribution in [1.29, 1.82) is 0 Å². The molecule has 3 N–H and O–H groups in total. The van der Waals surface area contributed by atoms with Gasteiger partial charge in [0.15, 0.2) is 0 Å². The maximum atomic E-state index is 9.18. The van der Waals surface area contributed by atoms with Crippen molar-refractivity contribution in [2.45, 2.75) is 0 Å². The molecular weight excluding hydrogens is 186 g/mol. The van der Waals surface area contributed by atoms with Crippen LogP contribution in [0.3, 0.4) is 0 Å². The third-order valence-corrected chi connectivity index (χ3v) is 2.19. The summed E-state index contributed by atoms with van der Waals surface area (Å²) in [6, 6.07) is 4.97. The highest BCUT2D eigenvalue weighted by Crippen LogP contribution is 2.26. The van der Waals surface area contributed by atoms with Gasteiger partial charge in [-0.15, -0.1) is 5.10 Å².